The molecule has 0 bridgehead atoms. The normalized spacial score (nSPS) is 16.3. The maximum atomic E-state index is 4.64. The fourth-order valence-corrected chi connectivity index (χ4v) is 6.62. The molecule has 2 nitrogen and oxygen atoms in total. The van der Waals surface area contributed by atoms with Crippen molar-refractivity contribution in [2.45, 2.75) is 96.9 Å². The molecule has 0 amide bonds. The molecule has 0 spiro atoms. The summed E-state index contributed by atoms with van der Waals surface area (Å²) in [6, 6.07) is 28.0. The first-order chi connectivity index (χ1) is 23.3. The molecule has 1 aliphatic heterocycles. The summed E-state index contributed by atoms with van der Waals surface area (Å²) in [5.41, 5.74) is 15.2. The summed E-state index contributed by atoms with van der Waals surface area (Å²) >= 11 is 0. The number of anilines is 1. The van der Waals surface area contributed by atoms with Gasteiger partial charge in [0.1, 0.15) is 0 Å². The molecule has 3 aromatic carbocycles. The summed E-state index contributed by atoms with van der Waals surface area (Å²) in [6.07, 6.45) is 15.8. The van der Waals surface area contributed by atoms with E-state index in [2.05, 4.69) is 150 Å². The molecular formula is C46H64N2. The van der Waals surface area contributed by atoms with E-state index in [4.69, 9.17) is 0 Å². The molecule has 4 atom stereocenters. The van der Waals surface area contributed by atoms with E-state index in [9.17, 15) is 0 Å². The van der Waals surface area contributed by atoms with Crippen LogP contribution in [0.4, 0.5) is 5.69 Å². The summed E-state index contributed by atoms with van der Waals surface area (Å²) in [7, 11) is 1.50. The van der Waals surface area contributed by atoms with Gasteiger partial charge < -0.3 is 10.6 Å². The lowest BCUT2D eigenvalue weighted by atomic mass is 9.75. The van der Waals surface area contributed by atoms with Crippen molar-refractivity contribution in [2.75, 3.05) is 11.9 Å². The zero-order chi connectivity index (χ0) is 35.5. The zero-order valence-corrected chi connectivity index (χ0v) is 30.7. The second-order valence-electron chi connectivity index (χ2n) is 13.2. The van der Waals surface area contributed by atoms with Gasteiger partial charge in [-0.2, -0.15) is 0 Å². The average molecular weight is 645 g/mol. The first kappa shape index (κ1) is 40.3. The summed E-state index contributed by atoms with van der Waals surface area (Å²) < 4.78 is 0. The van der Waals surface area contributed by atoms with Gasteiger partial charge in [-0.3, -0.25) is 0 Å². The molecule has 2 heteroatoms. The van der Waals surface area contributed by atoms with Crippen molar-refractivity contribution in [3.63, 3.8) is 0 Å². The molecule has 48 heavy (non-hydrogen) atoms. The molecule has 258 valence electrons. The Balaban J connectivity index is 0.00000193. The van der Waals surface area contributed by atoms with Crippen LogP contribution < -0.4 is 10.6 Å². The van der Waals surface area contributed by atoms with Gasteiger partial charge in [-0.05, 0) is 119 Å². The van der Waals surface area contributed by atoms with E-state index >= 15 is 0 Å². The van der Waals surface area contributed by atoms with Gasteiger partial charge in [-0.1, -0.05) is 110 Å². The van der Waals surface area contributed by atoms with Crippen LogP contribution in [-0.4, -0.2) is 7.05 Å². The van der Waals surface area contributed by atoms with E-state index in [0.717, 1.165) is 32.1 Å². The van der Waals surface area contributed by atoms with E-state index in [1.807, 2.05) is 6.08 Å². The average Bonchev–Trinajstić information content (AvgIpc) is 3.12. The highest BCUT2D eigenvalue weighted by molar-refractivity contribution is 5.61. The smallest absolute Gasteiger partial charge is 0.0670 e. The minimum atomic E-state index is 0.299. The molecule has 0 radical (unpaired) electrons. The molecule has 1 heterocycles. The topological polar surface area (TPSA) is 29.3 Å². The highest BCUT2D eigenvalue weighted by Crippen LogP contribution is 2.52. The number of aryl methyl sites for hydroxylation is 3. The van der Waals surface area contributed by atoms with Gasteiger partial charge >= 0.3 is 0 Å². The van der Waals surface area contributed by atoms with Crippen LogP contribution in [0.15, 0.2) is 136 Å². The van der Waals surface area contributed by atoms with E-state index in [-0.39, 0.29) is 0 Å². The first-order valence-electron chi connectivity index (χ1n) is 18.0. The Morgan fingerprint density at radius 1 is 0.812 bits per heavy atom. The van der Waals surface area contributed by atoms with Crippen LogP contribution in [0, 0.1) is 18.8 Å². The number of unbranched alkanes of at least 4 members (excludes halogenated alkanes) is 3. The van der Waals surface area contributed by atoms with Gasteiger partial charge in [0.2, 0.25) is 0 Å². The molecule has 0 aromatic heterocycles. The van der Waals surface area contributed by atoms with Crippen molar-refractivity contribution in [3.05, 3.63) is 164 Å². The molecule has 1 saturated heterocycles. The van der Waals surface area contributed by atoms with Crippen LogP contribution >= 0.6 is 0 Å². The Morgan fingerprint density at radius 2 is 1.40 bits per heavy atom. The first-order valence-corrected chi connectivity index (χ1v) is 18.0. The van der Waals surface area contributed by atoms with E-state index in [0.29, 0.717) is 23.8 Å². The van der Waals surface area contributed by atoms with Gasteiger partial charge in [0, 0.05) is 23.2 Å². The summed E-state index contributed by atoms with van der Waals surface area (Å²) in [4.78, 5) is 2.48. The maximum absolute atomic E-state index is 4.64. The number of hydrogen-bond acceptors (Lipinski definition) is 2. The van der Waals surface area contributed by atoms with Gasteiger partial charge in [-0.25, -0.2) is 0 Å². The van der Waals surface area contributed by atoms with Gasteiger partial charge in [0.05, 0.1) is 6.04 Å². The van der Waals surface area contributed by atoms with Gasteiger partial charge in [0.15, 0.2) is 0 Å². The predicted octanol–water partition coefficient (Wildman–Crippen LogP) is 12.6. The fraction of sp³-hybridized carbons (Fsp3) is 0.391. The zero-order valence-electron chi connectivity index (χ0n) is 30.7. The van der Waals surface area contributed by atoms with E-state index in [1.165, 1.54) is 83.9 Å². The van der Waals surface area contributed by atoms with Crippen molar-refractivity contribution < 1.29 is 0 Å². The summed E-state index contributed by atoms with van der Waals surface area (Å²) in [6.45, 7) is 29.4. The third kappa shape index (κ3) is 11.7. The largest absolute Gasteiger partial charge is 0.337 e. The number of allylic oxidation sites excluding steroid dienone is 3. The molecule has 2 N–H and O–H groups in total. The highest BCUT2D eigenvalue weighted by atomic mass is 15.2. The molecule has 0 aliphatic carbocycles. The van der Waals surface area contributed by atoms with Crippen molar-refractivity contribution in [2.24, 2.45) is 17.6 Å². The second-order valence-corrected chi connectivity index (χ2v) is 13.2. The lowest BCUT2D eigenvalue weighted by Gasteiger charge is -2.52. The number of nitrogens with two attached hydrogens (primary N) is 1. The summed E-state index contributed by atoms with van der Waals surface area (Å²) in [5, 5.41) is 0. The second kappa shape index (κ2) is 21.9. The lowest BCUT2D eigenvalue weighted by molar-refractivity contribution is 0.337. The van der Waals surface area contributed by atoms with Crippen LogP contribution in [0.25, 0.3) is 0 Å². The molecular weight excluding hydrogens is 581 g/mol. The number of nitrogens with zero attached hydrogens (tertiary/aromatic N) is 1. The molecule has 1 aliphatic rings. The Labute approximate surface area is 294 Å². The number of hydrogen-bond donors (Lipinski definition) is 1. The van der Waals surface area contributed by atoms with Crippen LogP contribution in [-0.2, 0) is 12.8 Å². The SMILES string of the molecule is C=C.C=CCCCCCc1ccc(N2C(=C)C(CCC(C=C)c3ccc(C)cc3)C2c2ccc(CCCC(C)C(=C)C)cc2)cc1.CN. The third-order valence-corrected chi connectivity index (χ3v) is 9.83. The standard InChI is InChI=1S/C43H55N.C2H4.CH5N/c1-8-10-11-12-13-16-36-22-29-41(30-23-36)44-35(7)42(31-28-38(9-2)39-24-18-33(5)19-25-39)43(44)40-26-20-37(21-27-40)17-14-15-34(6)32(3)4;2*1-2/h8-9,18-27,29-30,34,38,42-43H,1-3,7,10-17,28,31H2,4-6H3;1-2H2;2H2,1H3. The Bertz CT molecular complexity index is 1380. The molecule has 4 unspecified atom stereocenters. The monoisotopic (exact) mass is 645 g/mol. The molecule has 0 saturated carbocycles. The summed E-state index contributed by atoms with van der Waals surface area (Å²) in [5.74, 6) is 1.36. The lowest BCUT2D eigenvalue weighted by Crippen LogP contribution is -2.47. The minimum absolute atomic E-state index is 0.299. The Kier molecular flexibility index (Phi) is 18.4. The highest BCUT2D eigenvalue weighted by Gasteiger charge is 2.43. The number of benzene rings is 3. The molecule has 3 aromatic rings. The predicted molar refractivity (Wildman–Crippen MR) is 215 cm³/mol. The van der Waals surface area contributed by atoms with Crippen LogP contribution in [0.1, 0.15) is 105 Å². The van der Waals surface area contributed by atoms with E-state index in [1.54, 1.807) is 0 Å². The van der Waals surface area contributed by atoms with Crippen molar-refractivity contribution >= 4 is 5.69 Å². The Morgan fingerprint density at radius 3 is 1.96 bits per heavy atom. The van der Waals surface area contributed by atoms with Crippen molar-refractivity contribution in [3.8, 4) is 0 Å². The van der Waals surface area contributed by atoms with Gasteiger partial charge in [0.25, 0.3) is 0 Å². The number of rotatable bonds is 18. The van der Waals surface area contributed by atoms with E-state index < -0.39 is 0 Å². The Hall–Kier alpha value is -3.88. The minimum Gasteiger partial charge on any atom is -0.337 e. The molecule has 1 fully saturated rings. The van der Waals surface area contributed by atoms with Crippen LogP contribution in [0.5, 0.6) is 0 Å². The molecule has 4 rings (SSSR count). The fourth-order valence-electron chi connectivity index (χ4n) is 6.62. The third-order valence-electron chi connectivity index (χ3n) is 9.83. The van der Waals surface area contributed by atoms with Crippen molar-refractivity contribution in [1.29, 1.82) is 0 Å². The van der Waals surface area contributed by atoms with Crippen LogP contribution in [0.2, 0.25) is 0 Å². The van der Waals surface area contributed by atoms with Crippen LogP contribution in [0.3, 0.4) is 0 Å². The maximum Gasteiger partial charge on any atom is 0.0670 e. The van der Waals surface area contributed by atoms with Crippen molar-refractivity contribution in [1.82, 2.24) is 0 Å². The quantitative estimate of drug-likeness (QED) is 0.110. The van der Waals surface area contributed by atoms with Gasteiger partial charge in [-0.15, -0.1) is 26.3 Å².